The van der Waals surface area contributed by atoms with Gasteiger partial charge in [0.05, 0.1) is 11.6 Å². The van der Waals surface area contributed by atoms with Crippen molar-refractivity contribution in [1.82, 2.24) is 4.90 Å². The fourth-order valence-electron chi connectivity index (χ4n) is 3.62. The molecule has 148 valence electrons. The average Bonchev–Trinajstić information content (AvgIpc) is 3.11. The number of ether oxygens (including phenoxy) is 1. The molecular weight excluding hydrogens is 409 g/mol. The molecule has 1 aliphatic rings. The Bertz CT molecular complexity index is 1040. The summed E-state index contributed by atoms with van der Waals surface area (Å²) in [6, 6.07) is 20.8. The Labute approximate surface area is 179 Å². The van der Waals surface area contributed by atoms with Crippen LogP contribution in [0.15, 0.2) is 66.7 Å². The summed E-state index contributed by atoms with van der Waals surface area (Å²) in [6.45, 7) is 0.606. The normalized spacial score (nSPS) is 14.9. The van der Waals surface area contributed by atoms with E-state index in [1.807, 2.05) is 54.6 Å². The zero-order valence-electron chi connectivity index (χ0n) is 15.5. The topological polar surface area (TPSA) is 49.8 Å². The maximum atomic E-state index is 11.8. The number of nitrogens with zero attached hydrogens (tertiary/aromatic N) is 1. The second-order valence-corrected chi connectivity index (χ2v) is 7.85. The van der Waals surface area contributed by atoms with Crippen molar-refractivity contribution in [2.24, 2.45) is 0 Å². The Morgan fingerprint density at radius 3 is 2.55 bits per heavy atom. The first kappa shape index (κ1) is 19.6. The minimum absolute atomic E-state index is 0.253. The molecule has 4 nitrogen and oxygen atoms in total. The number of benzene rings is 3. The molecular formula is C23H19Cl2NO3. The van der Waals surface area contributed by atoms with Crippen LogP contribution in [0.1, 0.15) is 11.1 Å². The van der Waals surface area contributed by atoms with Crippen LogP contribution in [-0.4, -0.2) is 28.7 Å². The highest BCUT2D eigenvalue weighted by atomic mass is 35.5. The lowest BCUT2D eigenvalue weighted by Crippen LogP contribution is -2.37. The summed E-state index contributed by atoms with van der Waals surface area (Å²) in [5.41, 5.74) is 3.71. The van der Waals surface area contributed by atoms with Crippen molar-refractivity contribution in [3.63, 3.8) is 0 Å². The summed E-state index contributed by atoms with van der Waals surface area (Å²) in [5, 5.41) is 10.8. The van der Waals surface area contributed by atoms with Gasteiger partial charge in [-0.15, -0.1) is 0 Å². The third-order valence-corrected chi connectivity index (χ3v) is 5.51. The molecule has 3 aromatic rings. The van der Waals surface area contributed by atoms with E-state index in [9.17, 15) is 9.90 Å². The van der Waals surface area contributed by atoms with Gasteiger partial charge in [0.1, 0.15) is 11.9 Å². The van der Waals surface area contributed by atoms with Crippen molar-refractivity contribution in [1.29, 1.82) is 0 Å². The molecule has 1 N–H and O–H groups in total. The van der Waals surface area contributed by atoms with Crippen LogP contribution in [0.4, 0.5) is 4.79 Å². The van der Waals surface area contributed by atoms with E-state index >= 15 is 0 Å². The van der Waals surface area contributed by atoms with Gasteiger partial charge in [-0.2, -0.15) is 0 Å². The number of carbonyl (C=O) groups is 1. The van der Waals surface area contributed by atoms with Crippen LogP contribution >= 0.6 is 23.2 Å². The highest BCUT2D eigenvalue weighted by Crippen LogP contribution is 2.42. The highest BCUT2D eigenvalue weighted by Gasteiger charge is 2.29. The van der Waals surface area contributed by atoms with Crippen LogP contribution in [0.25, 0.3) is 11.1 Å². The Kier molecular flexibility index (Phi) is 5.65. The lowest BCUT2D eigenvalue weighted by Gasteiger charge is -2.23. The lowest BCUT2D eigenvalue weighted by molar-refractivity contribution is 0.113. The molecule has 1 unspecified atom stereocenters. The number of fused-ring (bicyclic) bond motifs is 1. The van der Waals surface area contributed by atoms with Gasteiger partial charge in [-0.05, 0) is 23.3 Å². The third-order valence-electron chi connectivity index (χ3n) is 4.96. The smallest absolute Gasteiger partial charge is 0.407 e. The SMILES string of the molecule is O=C(O)N(Cc1ccccc1)CC1Cc2cccc(-c3ccc(Cl)cc3Cl)c2O1. The molecule has 0 radical (unpaired) electrons. The van der Waals surface area contributed by atoms with E-state index in [-0.39, 0.29) is 12.6 Å². The first-order chi connectivity index (χ1) is 14.0. The summed E-state index contributed by atoms with van der Waals surface area (Å²) >= 11 is 12.4. The monoisotopic (exact) mass is 427 g/mol. The number of halogens is 2. The Morgan fingerprint density at radius 1 is 1.03 bits per heavy atom. The van der Waals surface area contributed by atoms with E-state index in [1.165, 1.54) is 4.90 Å². The molecule has 0 bridgehead atoms. The minimum Gasteiger partial charge on any atom is -0.487 e. The fraction of sp³-hybridized carbons (Fsp3) is 0.174. The third kappa shape index (κ3) is 4.34. The van der Waals surface area contributed by atoms with Gasteiger partial charge in [0.2, 0.25) is 0 Å². The van der Waals surface area contributed by atoms with E-state index in [1.54, 1.807) is 12.1 Å². The van der Waals surface area contributed by atoms with Gasteiger partial charge in [0, 0.05) is 29.1 Å². The molecule has 3 aromatic carbocycles. The molecule has 4 rings (SSSR count). The lowest BCUT2D eigenvalue weighted by atomic mass is 10.0. The molecule has 29 heavy (non-hydrogen) atoms. The number of hydrogen-bond donors (Lipinski definition) is 1. The fourth-order valence-corrected chi connectivity index (χ4v) is 4.13. The standard InChI is InChI=1S/C23H19Cl2NO3/c24-17-9-10-19(21(25)12-17)20-8-4-7-16-11-18(29-22(16)20)14-26(23(27)28)13-15-5-2-1-3-6-15/h1-10,12,18H,11,13-14H2,(H,27,28). The largest absolute Gasteiger partial charge is 0.487 e. The Balaban J connectivity index is 1.55. The van der Waals surface area contributed by atoms with Crippen molar-refractivity contribution in [2.45, 2.75) is 19.1 Å². The molecule has 0 saturated carbocycles. The van der Waals surface area contributed by atoms with Crippen molar-refractivity contribution >= 4 is 29.3 Å². The molecule has 0 saturated heterocycles. The molecule has 0 aliphatic carbocycles. The van der Waals surface area contributed by atoms with Crippen LogP contribution in [0.2, 0.25) is 10.0 Å². The average molecular weight is 428 g/mol. The molecule has 0 fully saturated rings. The van der Waals surface area contributed by atoms with E-state index in [0.29, 0.717) is 23.0 Å². The summed E-state index contributed by atoms with van der Waals surface area (Å²) in [5.74, 6) is 0.756. The molecule has 1 amide bonds. The molecule has 0 aromatic heterocycles. The summed E-state index contributed by atoms with van der Waals surface area (Å²) < 4.78 is 6.20. The molecule has 0 spiro atoms. The van der Waals surface area contributed by atoms with Gasteiger partial charge >= 0.3 is 6.09 Å². The first-order valence-corrected chi connectivity index (χ1v) is 10.0. The van der Waals surface area contributed by atoms with Crippen LogP contribution in [-0.2, 0) is 13.0 Å². The van der Waals surface area contributed by atoms with Gasteiger partial charge in [-0.1, -0.05) is 77.8 Å². The Hall–Kier alpha value is -2.69. The molecule has 6 heteroatoms. The Morgan fingerprint density at radius 2 is 1.83 bits per heavy atom. The first-order valence-electron chi connectivity index (χ1n) is 9.27. The van der Waals surface area contributed by atoms with E-state index < -0.39 is 6.09 Å². The van der Waals surface area contributed by atoms with Crippen molar-refractivity contribution < 1.29 is 14.6 Å². The molecule has 1 atom stereocenters. The van der Waals surface area contributed by atoms with Gasteiger partial charge in [0.15, 0.2) is 0 Å². The summed E-state index contributed by atoms with van der Waals surface area (Å²) in [7, 11) is 0. The maximum absolute atomic E-state index is 11.8. The maximum Gasteiger partial charge on any atom is 0.407 e. The van der Waals surface area contributed by atoms with E-state index in [0.717, 1.165) is 28.0 Å². The zero-order chi connectivity index (χ0) is 20.4. The van der Waals surface area contributed by atoms with Gasteiger partial charge in [-0.25, -0.2) is 4.79 Å². The zero-order valence-corrected chi connectivity index (χ0v) is 17.0. The van der Waals surface area contributed by atoms with Crippen molar-refractivity contribution in [3.8, 4) is 16.9 Å². The molecule has 1 heterocycles. The number of hydrogen-bond acceptors (Lipinski definition) is 2. The quantitative estimate of drug-likeness (QED) is 0.531. The number of amides is 1. The second kappa shape index (κ2) is 8.36. The summed E-state index contributed by atoms with van der Waals surface area (Å²) in [4.78, 5) is 13.2. The highest BCUT2D eigenvalue weighted by molar-refractivity contribution is 6.36. The van der Waals surface area contributed by atoms with Crippen LogP contribution in [0.3, 0.4) is 0 Å². The van der Waals surface area contributed by atoms with Crippen LogP contribution in [0, 0.1) is 0 Å². The predicted octanol–water partition coefficient (Wildman–Crippen LogP) is 6.14. The number of para-hydroxylation sites is 1. The van der Waals surface area contributed by atoms with Crippen LogP contribution in [0.5, 0.6) is 5.75 Å². The van der Waals surface area contributed by atoms with Crippen molar-refractivity contribution in [3.05, 3.63) is 87.9 Å². The van der Waals surface area contributed by atoms with Gasteiger partial charge in [-0.3, -0.25) is 0 Å². The predicted molar refractivity (Wildman–Crippen MR) is 115 cm³/mol. The summed E-state index contributed by atoms with van der Waals surface area (Å²) in [6.07, 6.45) is -0.570. The van der Waals surface area contributed by atoms with Crippen LogP contribution < -0.4 is 4.74 Å². The number of rotatable bonds is 5. The van der Waals surface area contributed by atoms with Crippen molar-refractivity contribution in [2.75, 3.05) is 6.54 Å². The number of carboxylic acid groups (broad SMARTS) is 1. The minimum atomic E-state index is -0.964. The van der Waals surface area contributed by atoms with Gasteiger partial charge < -0.3 is 14.7 Å². The second-order valence-electron chi connectivity index (χ2n) is 7.01. The van der Waals surface area contributed by atoms with Gasteiger partial charge in [0.25, 0.3) is 0 Å². The van der Waals surface area contributed by atoms with E-state index in [4.69, 9.17) is 27.9 Å². The van der Waals surface area contributed by atoms with E-state index in [2.05, 4.69) is 0 Å². The molecule has 1 aliphatic heterocycles.